The van der Waals surface area contributed by atoms with E-state index in [-0.39, 0.29) is 11.5 Å². The maximum atomic E-state index is 12.4. The normalized spacial score (nSPS) is 11.8. The monoisotopic (exact) mass is 286 g/mol. The van der Waals surface area contributed by atoms with E-state index in [9.17, 15) is 18.0 Å². The van der Waals surface area contributed by atoms with Gasteiger partial charge in [0.2, 0.25) is 0 Å². The number of hydrogen-bond acceptors (Lipinski definition) is 3. The Labute approximate surface area is 112 Å². The second kappa shape index (κ2) is 5.03. The molecule has 0 radical (unpaired) electrons. The Morgan fingerprint density at radius 2 is 2.10 bits per heavy atom. The SMILES string of the molecule is CCCc1[nH]n(-c2ccc(C(F)(F)F)cn2)c(=O)c1N. The van der Waals surface area contributed by atoms with Crippen LogP contribution in [0.3, 0.4) is 0 Å². The van der Waals surface area contributed by atoms with Crippen LogP contribution in [0, 0.1) is 0 Å². The summed E-state index contributed by atoms with van der Waals surface area (Å²) in [4.78, 5) is 15.5. The summed E-state index contributed by atoms with van der Waals surface area (Å²) in [7, 11) is 0. The molecule has 2 aromatic heterocycles. The largest absolute Gasteiger partial charge is 0.417 e. The van der Waals surface area contributed by atoms with E-state index < -0.39 is 17.3 Å². The van der Waals surface area contributed by atoms with Gasteiger partial charge in [0.25, 0.3) is 5.56 Å². The molecule has 0 fully saturated rings. The van der Waals surface area contributed by atoms with E-state index in [2.05, 4.69) is 10.1 Å². The number of pyridine rings is 1. The fourth-order valence-corrected chi connectivity index (χ4v) is 1.78. The van der Waals surface area contributed by atoms with Gasteiger partial charge in [-0.2, -0.15) is 17.9 Å². The summed E-state index contributed by atoms with van der Waals surface area (Å²) >= 11 is 0. The second-order valence-corrected chi connectivity index (χ2v) is 4.30. The molecule has 5 nitrogen and oxygen atoms in total. The van der Waals surface area contributed by atoms with Crippen LogP contribution in [0.25, 0.3) is 5.82 Å². The van der Waals surface area contributed by atoms with Crippen LogP contribution < -0.4 is 11.3 Å². The molecule has 0 bridgehead atoms. The molecule has 0 unspecified atom stereocenters. The Kier molecular flexibility index (Phi) is 3.56. The maximum Gasteiger partial charge on any atom is 0.417 e. The summed E-state index contributed by atoms with van der Waals surface area (Å²) in [6.45, 7) is 1.92. The predicted octanol–water partition coefficient (Wildman–Crippen LogP) is 2.11. The smallest absolute Gasteiger partial charge is 0.393 e. The van der Waals surface area contributed by atoms with Crippen LogP contribution in [0.1, 0.15) is 24.6 Å². The van der Waals surface area contributed by atoms with Crippen molar-refractivity contribution in [2.45, 2.75) is 25.9 Å². The summed E-state index contributed by atoms with van der Waals surface area (Å²) in [5.74, 6) is 0.0667. The van der Waals surface area contributed by atoms with Gasteiger partial charge in [0.05, 0.1) is 11.3 Å². The minimum Gasteiger partial charge on any atom is -0.393 e. The lowest BCUT2D eigenvalue weighted by Crippen LogP contribution is -2.18. The predicted molar refractivity (Wildman–Crippen MR) is 67.6 cm³/mol. The highest BCUT2D eigenvalue weighted by atomic mass is 19.4. The number of nitrogens with two attached hydrogens (primary N) is 1. The number of H-pyrrole nitrogens is 1. The number of hydrogen-bond donors (Lipinski definition) is 2. The van der Waals surface area contributed by atoms with Crippen molar-refractivity contribution in [2.75, 3.05) is 5.73 Å². The molecule has 0 amide bonds. The molecular formula is C12H13F3N4O. The summed E-state index contributed by atoms with van der Waals surface area (Å²) in [5.41, 5.74) is 4.89. The molecule has 2 aromatic rings. The molecule has 0 aliphatic carbocycles. The first-order chi connectivity index (χ1) is 9.34. The van der Waals surface area contributed by atoms with Crippen molar-refractivity contribution in [3.8, 4) is 5.82 Å². The summed E-state index contributed by atoms with van der Waals surface area (Å²) in [5, 5.41) is 2.76. The van der Waals surface area contributed by atoms with Crippen LogP contribution in [0.4, 0.5) is 18.9 Å². The average Bonchev–Trinajstić information content (AvgIpc) is 2.67. The van der Waals surface area contributed by atoms with Crippen LogP contribution >= 0.6 is 0 Å². The van der Waals surface area contributed by atoms with Crippen LogP contribution in [-0.4, -0.2) is 14.8 Å². The Bertz CT molecular complexity index is 655. The number of anilines is 1. The van der Waals surface area contributed by atoms with Crippen molar-refractivity contribution in [1.29, 1.82) is 0 Å². The molecule has 20 heavy (non-hydrogen) atoms. The van der Waals surface area contributed by atoms with E-state index in [4.69, 9.17) is 5.73 Å². The first-order valence-corrected chi connectivity index (χ1v) is 5.97. The highest BCUT2D eigenvalue weighted by Gasteiger charge is 2.30. The van der Waals surface area contributed by atoms with E-state index in [1.54, 1.807) is 0 Å². The molecule has 0 aliphatic heterocycles. The van der Waals surface area contributed by atoms with Crippen molar-refractivity contribution < 1.29 is 13.2 Å². The van der Waals surface area contributed by atoms with E-state index in [0.29, 0.717) is 18.3 Å². The summed E-state index contributed by atoms with van der Waals surface area (Å²) < 4.78 is 38.3. The Morgan fingerprint density at radius 3 is 2.60 bits per heavy atom. The number of aryl methyl sites for hydroxylation is 1. The fourth-order valence-electron chi connectivity index (χ4n) is 1.78. The zero-order chi connectivity index (χ0) is 14.9. The van der Waals surface area contributed by atoms with E-state index in [1.165, 1.54) is 0 Å². The first-order valence-electron chi connectivity index (χ1n) is 5.97. The Balaban J connectivity index is 2.42. The van der Waals surface area contributed by atoms with Crippen molar-refractivity contribution >= 4 is 5.69 Å². The topological polar surface area (TPSA) is 76.7 Å². The first kappa shape index (κ1) is 14.2. The van der Waals surface area contributed by atoms with Crippen LogP contribution in [-0.2, 0) is 12.6 Å². The van der Waals surface area contributed by atoms with E-state index in [0.717, 1.165) is 23.2 Å². The molecule has 3 N–H and O–H groups in total. The minimum atomic E-state index is -4.46. The quantitative estimate of drug-likeness (QED) is 0.907. The zero-order valence-corrected chi connectivity index (χ0v) is 10.7. The van der Waals surface area contributed by atoms with Gasteiger partial charge in [-0.3, -0.25) is 9.89 Å². The third-order valence-corrected chi connectivity index (χ3v) is 2.81. The van der Waals surface area contributed by atoms with E-state index >= 15 is 0 Å². The minimum absolute atomic E-state index is 0.0635. The molecule has 2 heterocycles. The number of rotatable bonds is 3. The van der Waals surface area contributed by atoms with Gasteiger partial charge >= 0.3 is 6.18 Å². The fraction of sp³-hybridized carbons (Fsp3) is 0.333. The van der Waals surface area contributed by atoms with Crippen molar-refractivity contribution in [1.82, 2.24) is 14.8 Å². The molecule has 0 aliphatic rings. The van der Waals surface area contributed by atoms with Gasteiger partial charge in [0.15, 0.2) is 5.82 Å². The molecule has 0 atom stereocenters. The number of nitrogens with zero attached hydrogens (tertiary/aromatic N) is 2. The lowest BCUT2D eigenvalue weighted by molar-refractivity contribution is -0.137. The van der Waals surface area contributed by atoms with Gasteiger partial charge < -0.3 is 5.73 Å². The lowest BCUT2D eigenvalue weighted by Gasteiger charge is -2.06. The van der Waals surface area contributed by atoms with E-state index in [1.807, 2.05) is 6.92 Å². The molecule has 2 rings (SSSR count). The maximum absolute atomic E-state index is 12.4. The highest BCUT2D eigenvalue weighted by molar-refractivity contribution is 5.43. The van der Waals surface area contributed by atoms with Crippen molar-refractivity contribution in [2.24, 2.45) is 0 Å². The van der Waals surface area contributed by atoms with Gasteiger partial charge in [0.1, 0.15) is 5.69 Å². The number of nitrogen functional groups attached to an aromatic ring is 1. The Hall–Kier alpha value is -2.25. The van der Waals surface area contributed by atoms with Gasteiger partial charge in [-0.15, -0.1) is 0 Å². The van der Waals surface area contributed by atoms with Crippen LogP contribution in [0.2, 0.25) is 0 Å². The Morgan fingerprint density at radius 1 is 1.40 bits per heavy atom. The number of alkyl halides is 3. The van der Waals surface area contributed by atoms with Crippen molar-refractivity contribution in [3.05, 3.63) is 39.9 Å². The van der Waals surface area contributed by atoms with Crippen LogP contribution in [0.5, 0.6) is 0 Å². The molecule has 8 heteroatoms. The van der Waals surface area contributed by atoms with Crippen molar-refractivity contribution in [3.63, 3.8) is 0 Å². The summed E-state index contributed by atoms with van der Waals surface area (Å²) in [6, 6.07) is 1.99. The standard InChI is InChI=1S/C12H13F3N4O/c1-2-3-8-10(16)11(20)19(18-8)9-5-4-7(6-17-9)12(13,14)15/h4-6,18H,2-3,16H2,1H3. The molecule has 108 valence electrons. The van der Waals surface area contributed by atoms with Gasteiger partial charge in [0, 0.05) is 6.20 Å². The average molecular weight is 286 g/mol. The molecule has 0 aromatic carbocycles. The van der Waals surface area contributed by atoms with Crippen LogP contribution in [0.15, 0.2) is 23.1 Å². The van der Waals surface area contributed by atoms with Gasteiger partial charge in [-0.1, -0.05) is 13.3 Å². The highest BCUT2D eigenvalue weighted by Crippen LogP contribution is 2.28. The third kappa shape index (κ3) is 2.54. The summed E-state index contributed by atoms with van der Waals surface area (Å²) in [6.07, 6.45) is -2.42. The second-order valence-electron chi connectivity index (χ2n) is 4.30. The number of aromatic amines is 1. The molecular weight excluding hydrogens is 273 g/mol. The van der Waals surface area contributed by atoms with Gasteiger partial charge in [-0.05, 0) is 18.6 Å². The molecule has 0 saturated heterocycles. The number of nitrogens with one attached hydrogen (secondary N) is 1. The van der Waals surface area contributed by atoms with Gasteiger partial charge in [-0.25, -0.2) is 4.98 Å². The number of halogens is 3. The molecule has 0 spiro atoms. The molecule has 0 saturated carbocycles. The lowest BCUT2D eigenvalue weighted by atomic mass is 10.2. The third-order valence-electron chi connectivity index (χ3n) is 2.81. The number of aromatic nitrogens is 3. The zero-order valence-electron chi connectivity index (χ0n) is 10.7.